The van der Waals surface area contributed by atoms with E-state index in [0.29, 0.717) is 0 Å². The van der Waals surface area contributed by atoms with E-state index in [0.717, 1.165) is 27.9 Å². The van der Waals surface area contributed by atoms with Crippen LogP contribution in [0.1, 0.15) is 45.7 Å². The lowest BCUT2D eigenvalue weighted by atomic mass is 9.77. The van der Waals surface area contributed by atoms with E-state index >= 15 is 0 Å². The molecule has 0 aromatic heterocycles. The van der Waals surface area contributed by atoms with Crippen molar-refractivity contribution in [3.05, 3.63) is 59.7 Å². The Hall–Kier alpha value is -2.04. The average Bonchev–Trinajstić information content (AvgIpc) is 2.76. The highest BCUT2D eigenvalue weighted by Crippen LogP contribution is 2.36. The molecular formula is C21H26BNO2. The zero-order valence-electron chi connectivity index (χ0n) is 15.7. The lowest BCUT2D eigenvalue weighted by molar-refractivity contribution is 0.00578. The molecule has 0 atom stereocenters. The molecular weight excluding hydrogens is 309 g/mol. The van der Waals surface area contributed by atoms with E-state index in [2.05, 4.69) is 58.9 Å². The topological polar surface area (TPSA) is 44.5 Å². The van der Waals surface area contributed by atoms with Gasteiger partial charge in [0.1, 0.15) is 0 Å². The van der Waals surface area contributed by atoms with E-state index in [1.165, 1.54) is 0 Å². The summed E-state index contributed by atoms with van der Waals surface area (Å²) >= 11 is 0. The second kappa shape index (κ2) is 6.36. The van der Waals surface area contributed by atoms with Crippen molar-refractivity contribution in [3.8, 4) is 0 Å². The van der Waals surface area contributed by atoms with Crippen molar-refractivity contribution in [3.63, 3.8) is 0 Å². The fourth-order valence-corrected chi connectivity index (χ4v) is 2.92. The Kier molecular flexibility index (Phi) is 4.52. The van der Waals surface area contributed by atoms with Crippen LogP contribution in [0.2, 0.25) is 0 Å². The normalized spacial score (nSPS) is 19.2. The van der Waals surface area contributed by atoms with Crippen LogP contribution in [0.3, 0.4) is 0 Å². The molecule has 4 heteroatoms. The molecule has 0 saturated carbocycles. The summed E-state index contributed by atoms with van der Waals surface area (Å²) in [6.45, 7) is 10.3. The summed E-state index contributed by atoms with van der Waals surface area (Å²) in [7, 11) is -0.381. The van der Waals surface area contributed by atoms with Crippen LogP contribution in [0.4, 0.5) is 5.69 Å². The van der Waals surface area contributed by atoms with Gasteiger partial charge in [-0.25, -0.2) is 0 Å². The minimum Gasteiger partial charge on any atom is -0.399 e. The SMILES string of the molecule is C/C(=C/c1ccccc1)c1cc(B2OC(C)(C)C(C)(C)O2)ccc1N. The highest BCUT2D eigenvalue weighted by Gasteiger charge is 2.51. The third-order valence-corrected chi connectivity index (χ3v) is 5.21. The molecule has 0 spiro atoms. The Balaban J connectivity index is 1.93. The van der Waals surface area contributed by atoms with Crippen LogP contribution in [0.5, 0.6) is 0 Å². The predicted octanol–water partition coefficient (Wildman–Crippen LogP) is 4.13. The van der Waals surface area contributed by atoms with Gasteiger partial charge in [0.2, 0.25) is 0 Å². The van der Waals surface area contributed by atoms with E-state index in [-0.39, 0.29) is 18.3 Å². The number of nitrogens with two attached hydrogens (primary N) is 1. The van der Waals surface area contributed by atoms with Gasteiger partial charge in [-0.3, -0.25) is 0 Å². The maximum absolute atomic E-state index is 6.23. The van der Waals surface area contributed by atoms with Gasteiger partial charge >= 0.3 is 7.12 Å². The number of benzene rings is 2. The van der Waals surface area contributed by atoms with E-state index in [9.17, 15) is 0 Å². The first kappa shape index (κ1) is 17.8. The number of rotatable bonds is 3. The summed E-state index contributed by atoms with van der Waals surface area (Å²) in [5, 5.41) is 0. The van der Waals surface area contributed by atoms with Gasteiger partial charge in [0.15, 0.2) is 0 Å². The number of allylic oxidation sites excluding steroid dienone is 1. The first-order valence-electron chi connectivity index (χ1n) is 8.68. The minimum absolute atomic E-state index is 0.353. The second-order valence-corrected chi connectivity index (χ2v) is 7.67. The van der Waals surface area contributed by atoms with Crippen molar-refractivity contribution in [2.24, 2.45) is 0 Å². The lowest BCUT2D eigenvalue weighted by Gasteiger charge is -2.32. The Labute approximate surface area is 151 Å². The van der Waals surface area contributed by atoms with Crippen LogP contribution in [0, 0.1) is 0 Å². The highest BCUT2D eigenvalue weighted by molar-refractivity contribution is 6.62. The molecule has 0 aliphatic carbocycles. The number of hydrogen-bond donors (Lipinski definition) is 1. The van der Waals surface area contributed by atoms with Crippen LogP contribution in [-0.2, 0) is 9.31 Å². The summed E-state index contributed by atoms with van der Waals surface area (Å²) in [4.78, 5) is 0. The van der Waals surface area contributed by atoms with Gasteiger partial charge in [0, 0.05) is 5.69 Å². The van der Waals surface area contributed by atoms with Gasteiger partial charge in [0.05, 0.1) is 11.2 Å². The molecule has 2 N–H and O–H groups in total. The van der Waals surface area contributed by atoms with Crippen molar-refractivity contribution < 1.29 is 9.31 Å². The van der Waals surface area contributed by atoms with Crippen LogP contribution in [-0.4, -0.2) is 18.3 Å². The van der Waals surface area contributed by atoms with Crippen molar-refractivity contribution in [2.75, 3.05) is 5.73 Å². The van der Waals surface area contributed by atoms with Crippen LogP contribution in [0.15, 0.2) is 48.5 Å². The molecule has 1 fully saturated rings. The van der Waals surface area contributed by atoms with E-state index in [1.807, 2.05) is 30.3 Å². The van der Waals surface area contributed by atoms with Gasteiger partial charge in [-0.2, -0.15) is 0 Å². The smallest absolute Gasteiger partial charge is 0.399 e. The first-order valence-corrected chi connectivity index (χ1v) is 8.68. The summed E-state index contributed by atoms with van der Waals surface area (Å²) in [6.07, 6.45) is 2.14. The third-order valence-electron chi connectivity index (χ3n) is 5.21. The molecule has 0 unspecified atom stereocenters. The fourth-order valence-electron chi connectivity index (χ4n) is 2.92. The lowest BCUT2D eigenvalue weighted by Crippen LogP contribution is -2.41. The van der Waals surface area contributed by atoms with E-state index < -0.39 is 0 Å². The summed E-state index contributed by atoms with van der Waals surface area (Å²) in [6, 6.07) is 16.2. The number of anilines is 1. The Morgan fingerprint density at radius 2 is 1.56 bits per heavy atom. The number of hydrogen-bond acceptors (Lipinski definition) is 3. The highest BCUT2D eigenvalue weighted by atomic mass is 16.7. The van der Waals surface area contributed by atoms with Crippen molar-refractivity contribution >= 4 is 29.9 Å². The minimum atomic E-state index is -0.381. The largest absolute Gasteiger partial charge is 0.494 e. The maximum Gasteiger partial charge on any atom is 0.494 e. The molecule has 1 aliphatic heterocycles. The summed E-state index contributed by atoms with van der Waals surface area (Å²) in [5.41, 5.74) is 10.5. The van der Waals surface area contributed by atoms with Gasteiger partial charge < -0.3 is 15.0 Å². The van der Waals surface area contributed by atoms with Crippen molar-refractivity contribution in [1.29, 1.82) is 0 Å². The summed E-state index contributed by atoms with van der Waals surface area (Å²) < 4.78 is 12.3. The molecule has 0 bridgehead atoms. The van der Waals surface area contributed by atoms with Gasteiger partial charge in [0.25, 0.3) is 0 Å². The Bertz CT molecular complexity index is 781. The molecule has 0 radical (unpaired) electrons. The van der Waals surface area contributed by atoms with E-state index in [1.54, 1.807) is 0 Å². The molecule has 2 aromatic rings. The fraction of sp³-hybridized carbons (Fsp3) is 0.333. The molecule has 1 aliphatic rings. The van der Waals surface area contributed by atoms with E-state index in [4.69, 9.17) is 15.0 Å². The average molecular weight is 335 g/mol. The molecule has 130 valence electrons. The van der Waals surface area contributed by atoms with Crippen LogP contribution >= 0.6 is 0 Å². The molecule has 1 saturated heterocycles. The maximum atomic E-state index is 6.23. The van der Waals surface area contributed by atoms with Crippen molar-refractivity contribution in [1.82, 2.24) is 0 Å². The molecule has 25 heavy (non-hydrogen) atoms. The zero-order valence-corrected chi connectivity index (χ0v) is 15.7. The first-order chi connectivity index (χ1) is 11.7. The Morgan fingerprint density at radius 1 is 0.960 bits per heavy atom. The monoisotopic (exact) mass is 335 g/mol. The molecule has 2 aromatic carbocycles. The third kappa shape index (κ3) is 3.51. The van der Waals surface area contributed by atoms with Gasteiger partial charge in [-0.05, 0) is 62.8 Å². The second-order valence-electron chi connectivity index (χ2n) is 7.67. The quantitative estimate of drug-likeness (QED) is 0.521. The van der Waals surface area contributed by atoms with Gasteiger partial charge in [-0.15, -0.1) is 0 Å². The molecule has 0 amide bonds. The van der Waals surface area contributed by atoms with Crippen LogP contribution < -0.4 is 11.2 Å². The molecule has 1 heterocycles. The predicted molar refractivity (Wildman–Crippen MR) is 107 cm³/mol. The molecule has 3 nitrogen and oxygen atoms in total. The van der Waals surface area contributed by atoms with Gasteiger partial charge in [-0.1, -0.05) is 48.5 Å². The van der Waals surface area contributed by atoms with Crippen molar-refractivity contribution in [2.45, 2.75) is 45.8 Å². The zero-order chi connectivity index (χ0) is 18.2. The Morgan fingerprint density at radius 3 is 2.16 bits per heavy atom. The molecule has 3 rings (SSSR count). The summed E-state index contributed by atoms with van der Waals surface area (Å²) in [5.74, 6) is 0. The standard InChI is InChI=1S/C21H26BNO2/c1-15(13-16-9-7-6-8-10-16)18-14-17(11-12-19(18)23)22-24-20(2,3)21(4,5)25-22/h6-14H,23H2,1-5H3/b15-13-. The van der Waals surface area contributed by atoms with Crippen LogP contribution in [0.25, 0.3) is 11.6 Å². The number of nitrogen functional groups attached to an aromatic ring is 1.